The van der Waals surface area contributed by atoms with Crippen molar-refractivity contribution >= 4 is 11.7 Å². The first kappa shape index (κ1) is 15.2. The summed E-state index contributed by atoms with van der Waals surface area (Å²) in [6.07, 6.45) is 6.07. The quantitative estimate of drug-likeness (QED) is 0.853. The lowest BCUT2D eigenvalue weighted by molar-refractivity contribution is 0.0792. The monoisotopic (exact) mass is 321 g/mol. The van der Waals surface area contributed by atoms with Gasteiger partial charge in [0.25, 0.3) is 5.91 Å². The number of amides is 1. The fraction of sp³-hybridized carbons (Fsp3) is 0.400. The van der Waals surface area contributed by atoms with Crippen LogP contribution >= 0.6 is 0 Å². The lowest BCUT2D eigenvalue weighted by Gasteiger charge is -2.22. The fourth-order valence-electron chi connectivity index (χ4n) is 3.72. The van der Waals surface area contributed by atoms with Crippen LogP contribution in [0.5, 0.6) is 0 Å². The summed E-state index contributed by atoms with van der Waals surface area (Å²) in [5.41, 5.74) is 3.64. The Morgan fingerprint density at radius 2 is 1.58 bits per heavy atom. The van der Waals surface area contributed by atoms with Crippen LogP contribution in [0.2, 0.25) is 0 Å². The Morgan fingerprint density at radius 3 is 2.25 bits per heavy atom. The van der Waals surface area contributed by atoms with Crippen LogP contribution in [-0.2, 0) is 12.8 Å². The first-order chi connectivity index (χ1) is 11.8. The van der Waals surface area contributed by atoms with E-state index in [1.165, 1.54) is 11.1 Å². The number of hydrogen-bond acceptors (Lipinski definition) is 3. The van der Waals surface area contributed by atoms with Crippen molar-refractivity contribution in [3.8, 4) is 0 Å². The number of hydrogen-bond donors (Lipinski definition) is 0. The molecule has 3 heterocycles. The highest BCUT2D eigenvalue weighted by atomic mass is 16.2. The van der Waals surface area contributed by atoms with Gasteiger partial charge in [0, 0.05) is 37.9 Å². The van der Waals surface area contributed by atoms with Gasteiger partial charge < -0.3 is 9.80 Å². The van der Waals surface area contributed by atoms with E-state index < -0.39 is 0 Å². The molecule has 4 heteroatoms. The molecule has 124 valence electrons. The molecular weight excluding hydrogens is 298 g/mol. The van der Waals surface area contributed by atoms with E-state index >= 15 is 0 Å². The number of pyridine rings is 1. The number of rotatable bonds is 2. The molecule has 0 saturated carbocycles. The zero-order valence-electron chi connectivity index (χ0n) is 13.9. The molecule has 0 bridgehead atoms. The van der Waals surface area contributed by atoms with Gasteiger partial charge in [-0.15, -0.1) is 0 Å². The Balaban J connectivity index is 1.52. The standard InChI is InChI=1S/C20H23N3O/c24-20(23-11-3-4-12-23)18-7-10-21-19(15-18)22-13-8-16-5-1-2-6-17(16)9-14-22/h1-2,5-7,10,15H,3-4,8-9,11-14H2. The van der Waals surface area contributed by atoms with Gasteiger partial charge in [-0.25, -0.2) is 4.98 Å². The van der Waals surface area contributed by atoms with E-state index in [9.17, 15) is 4.79 Å². The fourth-order valence-corrected chi connectivity index (χ4v) is 3.72. The highest BCUT2D eigenvalue weighted by Gasteiger charge is 2.21. The molecule has 1 saturated heterocycles. The third-order valence-electron chi connectivity index (χ3n) is 5.13. The van der Waals surface area contributed by atoms with Gasteiger partial charge in [-0.2, -0.15) is 0 Å². The van der Waals surface area contributed by atoms with E-state index in [0.29, 0.717) is 0 Å². The summed E-state index contributed by atoms with van der Waals surface area (Å²) < 4.78 is 0. The van der Waals surface area contributed by atoms with Crippen molar-refractivity contribution in [1.82, 2.24) is 9.88 Å². The van der Waals surface area contributed by atoms with E-state index in [0.717, 1.165) is 63.2 Å². The molecular formula is C20H23N3O. The molecule has 24 heavy (non-hydrogen) atoms. The lowest BCUT2D eigenvalue weighted by Crippen LogP contribution is -2.29. The summed E-state index contributed by atoms with van der Waals surface area (Å²) >= 11 is 0. The van der Waals surface area contributed by atoms with E-state index in [4.69, 9.17) is 0 Å². The summed E-state index contributed by atoms with van der Waals surface area (Å²) in [6.45, 7) is 3.67. The van der Waals surface area contributed by atoms with Crippen molar-refractivity contribution in [3.63, 3.8) is 0 Å². The second-order valence-corrected chi connectivity index (χ2v) is 6.66. The zero-order chi connectivity index (χ0) is 16.4. The summed E-state index contributed by atoms with van der Waals surface area (Å²) in [5.74, 6) is 1.07. The van der Waals surface area contributed by atoms with Gasteiger partial charge >= 0.3 is 0 Å². The molecule has 1 aromatic heterocycles. The Hall–Kier alpha value is -2.36. The van der Waals surface area contributed by atoms with Gasteiger partial charge in [0.05, 0.1) is 0 Å². The second kappa shape index (κ2) is 6.63. The maximum atomic E-state index is 12.6. The minimum absolute atomic E-state index is 0.147. The number of aromatic nitrogens is 1. The van der Waals surface area contributed by atoms with Crippen LogP contribution in [0.25, 0.3) is 0 Å². The molecule has 0 aliphatic carbocycles. The normalized spacial score (nSPS) is 17.5. The maximum Gasteiger partial charge on any atom is 0.254 e. The zero-order valence-corrected chi connectivity index (χ0v) is 13.9. The van der Waals surface area contributed by atoms with Crippen molar-refractivity contribution in [2.45, 2.75) is 25.7 Å². The minimum Gasteiger partial charge on any atom is -0.356 e. The van der Waals surface area contributed by atoms with Gasteiger partial charge in [-0.3, -0.25) is 4.79 Å². The Labute approximate surface area is 143 Å². The molecule has 1 fully saturated rings. The molecule has 4 nitrogen and oxygen atoms in total. The van der Waals surface area contributed by atoms with E-state index in [1.54, 1.807) is 6.20 Å². The van der Waals surface area contributed by atoms with Crippen molar-refractivity contribution < 1.29 is 4.79 Å². The SMILES string of the molecule is O=C(c1ccnc(N2CCc3ccccc3CC2)c1)N1CCCC1. The minimum atomic E-state index is 0.147. The van der Waals surface area contributed by atoms with Gasteiger partial charge in [0.2, 0.25) is 0 Å². The van der Waals surface area contributed by atoms with Gasteiger partial charge in [0.1, 0.15) is 5.82 Å². The number of anilines is 1. The van der Waals surface area contributed by atoms with Crippen molar-refractivity contribution in [1.29, 1.82) is 0 Å². The molecule has 0 radical (unpaired) electrons. The maximum absolute atomic E-state index is 12.6. The lowest BCUT2D eigenvalue weighted by atomic mass is 10.0. The Kier molecular flexibility index (Phi) is 4.20. The highest BCUT2D eigenvalue weighted by Crippen LogP contribution is 2.21. The number of carbonyl (C=O) groups is 1. The molecule has 0 N–H and O–H groups in total. The number of nitrogens with zero attached hydrogens (tertiary/aromatic N) is 3. The van der Waals surface area contributed by atoms with Gasteiger partial charge in [-0.05, 0) is 48.9 Å². The molecule has 1 amide bonds. The predicted octanol–water partition coefficient (Wildman–Crippen LogP) is 2.92. The van der Waals surface area contributed by atoms with Gasteiger partial charge in [-0.1, -0.05) is 24.3 Å². The topological polar surface area (TPSA) is 36.4 Å². The molecule has 2 aliphatic rings. The summed E-state index contributed by atoms with van der Waals surface area (Å²) in [4.78, 5) is 21.4. The third-order valence-corrected chi connectivity index (χ3v) is 5.13. The number of fused-ring (bicyclic) bond motifs is 1. The molecule has 2 aliphatic heterocycles. The average molecular weight is 321 g/mol. The highest BCUT2D eigenvalue weighted by molar-refractivity contribution is 5.95. The summed E-state index contributed by atoms with van der Waals surface area (Å²) in [7, 11) is 0. The predicted molar refractivity (Wildman–Crippen MR) is 95.4 cm³/mol. The average Bonchev–Trinajstić information content (AvgIpc) is 3.08. The molecule has 1 aromatic carbocycles. The van der Waals surface area contributed by atoms with Crippen LogP contribution in [0.15, 0.2) is 42.6 Å². The number of carbonyl (C=O) groups excluding carboxylic acids is 1. The molecule has 0 spiro atoms. The van der Waals surface area contributed by atoms with E-state index in [-0.39, 0.29) is 5.91 Å². The first-order valence-corrected chi connectivity index (χ1v) is 8.88. The summed E-state index contributed by atoms with van der Waals surface area (Å²) in [6, 6.07) is 12.5. The van der Waals surface area contributed by atoms with Crippen LogP contribution < -0.4 is 4.90 Å². The van der Waals surface area contributed by atoms with Crippen LogP contribution in [0.1, 0.15) is 34.3 Å². The van der Waals surface area contributed by atoms with Crippen molar-refractivity contribution in [2.24, 2.45) is 0 Å². The van der Waals surface area contributed by atoms with Crippen LogP contribution in [0.3, 0.4) is 0 Å². The smallest absolute Gasteiger partial charge is 0.254 e. The van der Waals surface area contributed by atoms with Crippen molar-refractivity contribution in [3.05, 3.63) is 59.3 Å². The van der Waals surface area contributed by atoms with Crippen LogP contribution in [0.4, 0.5) is 5.82 Å². The van der Waals surface area contributed by atoms with E-state index in [2.05, 4.69) is 34.1 Å². The van der Waals surface area contributed by atoms with Crippen molar-refractivity contribution in [2.75, 3.05) is 31.1 Å². The van der Waals surface area contributed by atoms with Crippen LogP contribution in [-0.4, -0.2) is 42.0 Å². The van der Waals surface area contributed by atoms with E-state index in [1.807, 2.05) is 17.0 Å². The molecule has 4 rings (SSSR count). The summed E-state index contributed by atoms with van der Waals surface area (Å²) in [5, 5.41) is 0. The molecule has 0 unspecified atom stereocenters. The molecule has 0 atom stereocenters. The largest absolute Gasteiger partial charge is 0.356 e. The molecule has 2 aromatic rings. The number of likely N-dealkylation sites (tertiary alicyclic amines) is 1. The van der Waals surface area contributed by atoms with Gasteiger partial charge in [0.15, 0.2) is 0 Å². The second-order valence-electron chi connectivity index (χ2n) is 6.66. The Morgan fingerprint density at radius 1 is 0.917 bits per heavy atom. The number of benzene rings is 1. The van der Waals surface area contributed by atoms with Crippen LogP contribution in [0, 0.1) is 0 Å². The third kappa shape index (κ3) is 3.01. The Bertz CT molecular complexity index is 710. The first-order valence-electron chi connectivity index (χ1n) is 8.88.